The second kappa shape index (κ2) is 7.35. The second-order valence-electron chi connectivity index (χ2n) is 4.57. The number of halogens is 2. The molecule has 0 saturated heterocycles. The van der Waals surface area contributed by atoms with Crippen LogP contribution in [0, 0.1) is 0 Å². The predicted octanol–water partition coefficient (Wildman–Crippen LogP) is 3.82. The Morgan fingerprint density at radius 1 is 1.22 bits per heavy atom. The minimum atomic E-state index is -2.93. The molecule has 0 aliphatic rings. The van der Waals surface area contributed by atoms with Crippen molar-refractivity contribution in [3.05, 3.63) is 59.7 Å². The SMILES string of the molecule is C/C(=N\Nc1cccc(C(=O)O)c1)c1ccccc1OC(F)F. The summed E-state index contributed by atoms with van der Waals surface area (Å²) in [5.41, 5.74) is 4.11. The summed E-state index contributed by atoms with van der Waals surface area (Å²) in [5, 5.41) is 13.0. The van der Waals surface area contributed by atoms with Crippen molar-refractivity contribution >= 4 is 17.4 Å². The Morgan fingerprint density at radius 2 is 1.96 bits per heavy atom. The zero-order chi connectivity index (χ0) is 16.8. The fourth-order valence-electron chi connectivity index (χ4n) is 1.89. The van der Waals surface area contributed by atoms with Gasteiger partial charge in [0, 0.05) is 5.56 Å². The lowest BCUT2D eigenvalue weighted by atomic mass is 10.1. The molecule has 2 rings (SSSR count). The molecule has 0 unspecified atom stereocenters. The Labute approximate surface area is 131 Å². The third-order valence-corrected chi connectivity index (χ3v) is 2.96. The number of hydrogen-bond donors (Lipinski definition) is 2. The number of nitrogens with zero attached hydrogens (tertiary/aromatic N) is 1. The largest absolute Gasteiger partial charge is 0.478 e. The number of benzene rings is 2. The number of aromatic carboxylic acids is 1. The average Bonchev–Trinajstić information content (AvgIpc) is 2.53. The number of nitrogens with one attached hydrogen (secondary N) is 1. The normalized spacial score (nSPS) is 11.4. The van der Waals surface area contributed by atoms with Gasteiger partial charge < -0.3 is 9.84 Å². The van der Waals surface area contributed by atoms with Crippen LogP contribution in [0.2, 0.25) is 0 Å². The molecule has 2 aromatic carbocycles. The fourth-order valence-corrected chi connectivity index (χ4v) is 1.89. The van der Waals surface area contributed by atoms with Crippen molar-refractivity contribution in [3.8, 4) is 5.75 Å². The molecule has 0 spiro atoms. The first-order valence-electron chi connectivity index (χ1n) is 6.65. The predicted molar refractivity (Wildman–Crippen MR) is 82.3 cm³/mol. The summed E-state index contributed by atoms with van der Waals surface area (Å²) < 4.78 is 29.3. The van der Waals surface area contributed by atoms with Crippen molar-refractivity contribution in [2.75, 3.05) is 5.43 Å². The number of alkyl halides is 2. The van der Waals surface area contributed by atoms with Gasteiger partial charge in [0.2, 0.25) is 0 Å². The summed E-state index contributed by atoms with van der Waals surface area (Å²) in [7, 11) is 0. The summed E-state index contributed by atoms with van der Waals surface area (Å²) in [5.74, 6) is -1.03. The minimum absolute atomic E-state index is 0.0184. The first-order valence-corrected chi connectivity index (χ1v) is 6.65. The highest BCUT2D eigenvalue weighted by Crippen LogP contribution is 2.21. The van der Waals surface area contributed by atoms with E-state index in [2.05, 4.69) is 15.3 Å². The topological polar surface area (TPSA) is 70.9 Å². The van der Waals surface area contributed by atoms with Crippen molar-refractivity contribution in [3.63, 3.8) is 0 Å². The number of anilines is 1. The van der Waals surface area contributed by atoms with Crippen LogP contribution in [0.15, 0.2) is 53.6 Å². The van der Waals surface area contributed by atoms with Gasteiger partial charge in [-0.3, -0.25) is 5.43 Å². The monoisotopic (exact) mass is 320 g/mol. The number of carboxylic acid groups (broad SMARTS) is 1. The van der Waals surface area contributed by atoms with Crippen molar-refractivity contribution in [2.45, 2.75) is 13.5 Å². The van der Waals surface area contributed by atoms with Gasteiger partial charge in [0.05, 0.1) is 17.0 Å². The molecule has 7 heteroatoms. The van der Waals surface area contributed by atoms with Crippen molar-refractivity contribution in [1.82, 2.24) is 0 Å². The molecule has 5 nitrogen and oxygen atoms in total. The van der Waals surface area contributed by atoms with Crippen LogP contribution in [0.3, 0.4) is 0 Å². The fraction of sp³-hybridized carbons (Fsp3) is 0.125. The van der Waals surface area contributed by atoms with Gasteiger partial charge >= 0.3 is 12.6 Å². The summed E-state index contributed by atoms with van der Waals surface area (Å²) in [6.07, 6.45) is 0. The summed E-state index contributed by atoms with van der Waals surface area (Å²) in [4.78, 5) is 10.9. The van der Waals surface area contributed by atoms with E-state index in [1.54, 1.807) is 37.3 Å². The van der Waals surface area contributed by atoms with E-state index >= 15 is 0 Å². The molecular formula is C16H14F2N2O3. The van der Waals surface area contributed by atoms with Crippen LogP contribution < -0.4 is 10.2 Å². The Hall–Kier alpha value is -2.96. The van der Waals surface area contributed by atoms with Crippen LogP contribution in [0.4, 0.5) is 14.5 Å². The molecule has 0 amide bonds. The van der Waals surface area contributed by atoms with E-state index in [4.69, 9.17) is 5.11 Å². The van der Waals surface area contributed by atoms with Crippen LogP contribution >= 0.6 is 0 Å². The molecule has 2 aromatic rings. The number of carboxylic acids is 1. The van der Waals surface area contributed by atoms with E-state index in [1.165, 1.54) is 18.2 Å². The highest BCUT2D eigenvalue weighted by Gasteiger charge is 2.11. The van der Waals surface area contributed by atoms with Crippen molar-refractivity contribution in [1.29, 1.82) is 0 Å². The van der Waals surface area contributed by atoms with Gasteiger partial charge in [-0.15, -0.1) is 0 Å². The van der Waals surface area contributed by atoms with E-state index < -0.39 is 12.6 Å². The van der Waals surface area contributed by atoms with Gasteiger partial charge in [-0.1, -0.05) is 18.2 Å². The molecule has 0 atom stereocenters. The van der Waals surface area contributed by atoms with Crippen molar-refractivity contribution < 1.29 is 23.4 Å². The summed E-state index contributed by atoms with van der Waals surface area (Å²) in [6, 6.07) is 12.4. The van der Waals surface area contributed by atoms with E-state index in [0.717, 1.165) is 0 Å². The standard InChI is InChI=1S/C16H14F2N2O3/c1-10(13-7-2-3-8-14(13)23-16(17)18)19-20-12-6-4-5-11(9-12)15(21)22/h2-9,16,20H,1H3,(H,21,22)/b19-10+. The first-order chi connectivity index (χ1) is 11.0. The highest BCUT2D eigenvalue weighted by molar-refractivity contribution is 6.01. The molecule has 0 aliphatic carbocycles. The summed E-state index contributed by atoms with van der Waals surface area (Å²) >= 11 is 0. The molecule has 0 aromatic heterocycles. The van der Waals surface area contributed by atoms with Crippen LogP contribution in [0.5, 0.6) is 5.75 Å². The maximum atomic E-state index is 12.4. The smallest absolute Gasteiger partial charge is 0.387 e. The molecule has 0 fully saturated rings. The number of hydrazone groups is 1. The van der Waals surface area contributed by atoms with E-state index in [0.29, 0.717) is 17.0 Å². The minimum Gasteiger partial charge on any atom is -0.478 e. The van der Waals surface area contributed by atoms with Crippen molar-refractivity contribution in [2.24, 2.45) is 5.10 Å². The molecule has 0 saturated carbocycles. The van der Waals surface area contributed by atoms with Crippen LogP contribution in [0.25, 0.3) is 0 Å². The van der Waals surface area contributed by atoms with Crippen LogP contribution in [-0.4, -0.2) is 23.4 Å². The van der Waals surface area contributed by atoms with Crippen LogP contribution in [-0.2, 0) is 0 Å². The number of para-hydroxylation sites is 1. The maximum absolute atomic E-state index is 12.4. The van der Waals surface area contributed by atoms with E-state index in [1.807, 2.05) is 0 Å². The molecule has 0 aliphatic heterocycles. The lowest BCUT2D eigenvalue weighted by Gasteiger charge is -2.10. The first kappa shape index (κ1) is 16.4. The van der Waals surface area contributed by atoms with Gasteiger partial charge in [0.1, 0.15) is 5.75 Å². The van der Waals surface area contributed by atoms with E-state index in [9.17, 15) is 13.6 Å². The van der Waals surface area contributed by atoms with E-state index in [-0.39, 0.29) is 11.3 Å². The zero-order valence-corrected chi connectivity index (χ0v) is 12.2. The zero-order valence-electron chi connectivity index (χ0n) is 12.2. The molecule has 2 N–H and O–H groups in total. The molecule has 0 bridgehead atoms. The number of rotatable bonds is 6. The molecule has 23 heavy (non-hydrogen) atoms. The van der Waals surface area contributed by atoms with Gasteiger partial charge in [0.15, 0.2) is 0 Å². The Bertz CT molecular complexity index is 733. The maximum Gasteiger partial charge on any atom is 0.387 e. The van der Waals surface area contributed by atoms with Gasteiger partial charge in [-0.05, 0) is 37.3 Å². The lowest BCUT2D eigenvalue weighted by molar-refractivity contribution is -0.0499. The highest BCUT2D eigenvalue weighted by atomic mass is 19.3. The average molecular weight is 320 g/mol. The molecule has 0 heterocycles. The number of ether oxygens (including phenoxy) is 1. The van der Waals surface area contributed by atoms with Gasteiger partial charge in [0.25, 0.3) is 0 Å². The quantitative estimate of drug-likeness (QED) is 0.627. The summed E-state index contributed by atoms with van der Waals surface area (Å²) in [6.45, 7) is -1.30. The number of hydrogen-bond acceptors (Lipinski definition) is 4. The second-order valence-corrected chi connectivity index (χ2v) is 4.57. The Balaban J connectivity index is 2.20. The number of carbonyl (C=O) groups is 1. The third kappa shape index (κ3) is 4.50. The van der Waals surface area contributed by atoms with Gasteiger partial charge in [-0.25, -0.2) is 4.79 Å². The Morgan fingerprint density at radius 3 is 2.65 bits per heavy atom. The third-order valence-electron chi connectivity index (χ3n) is 2.96. The molecule has 120 valence electrons. The Kier molecular flexibility index (Phi) is 5.24. The van der Waals surface area contributed by atoms with Crippen LogP contribution in [0.1, 0.15) is 22.8 Å². The lowest BCUT2D eigenvalue weighted by Crippen LogP contribution is -2.08. The molecule has 0 radical (unpaired) electrons. The molecular weight excluding hydrogens is 306 g/mol. The van der Waals surface area contributed by atoms with Gasteiger partial charge in [-0.2, -0.15) is 13.9 Å².